The minimum absolute atomic E-state index is 0.0513. The number of unbranched alkanes of at least 4 members (excludes halogenated alkanes) is 1. The fraction of sp³-hybridized carbons (Fsp3) is 0.938. The van der Waals surface area contributed by atoms with Crippen LogP contribution in [0.5, 0.6) is 0 Å². The predicted molar refractivity (Wildman–Crippen MR) is 86.0 cm³/mol. The molecule has 0 aromatic rings. The van der Waals surface area contributed by atoms with Crippen LogP contribution in [0.25, 0.3) is 0 Å². The van der Waals surface area contributed by atoms with Gasteiger partial charge in [-0.25, -0.2) is 8.78 Å². The molecule has 5 heteroatoms. The van der Waals surface area contributed by atoms with Crippen molar-refractivity contribution in [2.24, 2.45) is 5.92 Å². The summed E-state index contributed by atoms with van der Waals surface area (Å²) in [5.41, 5.74) is 0. The van der Waals surface area contributed by atoms with Gasteiger partial charge in [0.15, 0.2) is 0 Å². The van der Waals surface area contributed by atoms with Crippen LogP contribution in [-0.4, -0.2) is 29.5 Å². The first-order valence-corrected chi connectivity index (χ1v) is 9.05. The Bertz CT molecular complexity index is 283. The molecule has 0 aromatic heterocycles. The van der Waals surface area contributed by atoms with Crippen LogP contribution in [0, 0.1) is 5.92 Å². The Hall–Kier alpha value is -0.320. The second-order valence-electron chi connectivity index (χ2n) is 5.77. The number of ether oxygens (including phenoxy) is 1. The van der Waals surface area contributed by atoms with E-state index in [9.17, 15) is 13.6 Å². The fourth-order valence-corrected chi connectivity index (χ4v) is 3.12. The molecule has 126 valence electrons. The Labute approximate surface area is 132 Å². The lowest BCUT2D eigenvalue weighted by Crippen LogP contribution is -2.26. The summed E-state index contributed by atoms with van der Waals surface area (Å²) in [5.74, 6) is -2.04. The molecule has 0 rings (SSSR count). The molecule has 0 amide bonds. The highest BCUT2D eigenvalue weighted by molar-refractivity contribution is 8.00. The first-order chi connectivity index (χ1) is 9.84. The molecule has 21 heavy (non-hydrogen) atoms. The fourth-order valence-electron chi connectivity index (χ4n) is 1.96. The molecule has 0 aliphatic heterocycles. The minimum atomic E-state index is -2.57. The van der Waals surface area contributed by atoms with Crippen molar-refractivity contribution in [1.82, 2.24) is 0 Å². The third-order valence-electron chi connectivity index (χ3n) is 3.18. The number of rotatable bonds is 12. The smallest absolute Gasteiger partial charge is 0.319 e. The molecule has 0 saturated carbocycles. The maximum absolute atomic E-state index is 13.4. The van der Waals surface area contributed by atoms with E-state index in [1.54, 1.807) is 6.92 Å². The molecule has 0 saturated heterocycles. The van der Waals surface area contributed by atoms with Gasteiger partial charge in [-0.1, -0.05) is 40.5 Å². The highest BCUT2D eigenvalue weighted by Crippen LogP contribution is 2.28. The lowest BCUT2D eigenvalue weighted by molar-refractivity contribution is -0.143. The molecule has 0 aliphatic carbocycles. The number of carbonyl (C=O) groups is 1. The van der Waals surface area contributed by atoms with Gasteiger partial charge in [-0.2, -0.15) is 0 Å². The van der Waals surface area contributed by atoms with E-state index < -0.39 is 5.92 Å². The predicted octanol–water partition coefficient (Wildman–Crippen LogP) is 5.30. The van der Waals surface area contributed by atoms with Crippen LogP contribution in [0.3, 0.4) is 0 Å². The average molecular weight is 324 g/mol. The molecule has 1 unspecified atom stereocenters. The largest absolute Gasteiger partial charge is 0.465 e. The summed E-state index contributed by atoms with van der Waals surface area (Å²) in [6.45, 7) is 8.19. The van der Waals surface area contributed by atoms with Gasteiger partial charge in [0.2, 0.25) is 5.92 Å². The zero-order valence-electron chi connectivity index (χ0n) is 13.8. The van der Waals surface area contributed by atoms with Crippen molar-refractivity contribution in [1.29, 1.82) is 0 Å². The van der Waals surface area contributed by atoms with Crippen molar-refractivity contribution in [2.75, 3.05) is 12.4 Å². The second kappa shape index (κ2) is 11.3. The van der Waals surface area contributed by atoms with E-state index in [4.69, 9.17) is 4.74 Å². The van der Waals surface area contributed by atoms with Gasteiger partial charge in [-0.15, -0.1) is 11.8 Å². The van der Waals surface area contributed by atoms with Crippen molar-refractivity contribution < 1.29 is 18.3 Å². The molecule has 0 bridgehead atoms. The van der Waals surface area contributed by atoms with Crippen LogP contribution < -0.4 is 0 Å². The van der Waals surface area contributed by atoms with E-state index >= 15 is 0 Å². The van der Waals surface area contributed by atoms with Crippen LogP contribution >= 0.6 is 11.8 Å². The third-order valence-corrected chi connectivity index (χ3v) is 4.80. The van der Waals surface area contributed by atoms with Gasteiger partial charge >= 0.3 is 5.97 Å². The SMILES string of the molecule is CCCCOC(=O)C(SCCCC(F)(F)CCC)C(C)C. The van der Waals surface area contributed by atoms with E-state index in [0.717, 1.165) is 12.8 Å². The van der Waals surface area contributed by atoms with E-state index in [1.165, 1.54) is 11.8 Å². The number of hydrogen-bond donors (Lipinski definition) is 0. The second-order valence-corrected chi connectivity index (χ2v) is 7.02. The highest BCUT2D eigenvalue weighted by atomic mass is 32.2. The first-order valence-electron chi connectivity index (χ1n) is 8.00. The van der Waals surface area contributed by atoms with E-state index in [2.05, 4.69) is 0 Å². The van der Waals surface area contributed by atoms with Crippen LogP contribution in [0.1, 0.15) is 66.2 Å². The zero-order valence-corrected chi connectivity index (χ0v) is 14.6. The van der Waals surface area contributed by atoms with Crippen LogP contribution in [0.15, 0.2) is 0 Å². The highest BCUT2D eigenvalue weighted by Gasteiger charge is 2.28. The van der Waals surface area contributed by atoms with Crippen molar-refractivity contribution in [2.45, 2.75) is 77.4 Å². The normalized spacial score (nSPS) is 13.5. The van der Waals surface area contributed by atoms with Gasteiger partial charge in [0.1, 0.15) is 5.25 Å². The Morgan fingerprint density at radius 2 is 1.81 bits per heavy atom. The van der Waals surface area contributed by atoms with Gasteiger partial charge in [0, 0.05) is 12.8 Å². The molecule has 0 aliphatic rings. The number of alkyl halides is 2. The number of esters is 1. The summed E-state index contributed by atoms with van der Waals surface area (Å²) < 4.78 is 32.0. The maximum Gasteiger partial charge on any atom is 0.319 e. The Morgan fingerprint density at radius 1 is 1.14 bits per heavy atom. The van der Waals surface area contributed by atoms with Crippen molar-refractivity contribution in [3.8, 4) is 0 Å². The molecular weight excluding hydrogens is 294 g/mol. The Morgan fingerprint density at radius 3 is 2.33 bits per heavy atom. The summed E-state index contributed by atoms with van der Waals surface area (Å²) >= 11 is 1.45. The van der Waals surface area contributed by atoms with Crippen LogP contribution in [0.4, 0.5) is 8.78 Å². The van der Waals surface area contributed by atoms with Gasteiger partial charge in [-0.05, 0) is 24.5 Å². The maximum atomic E-state index is 13.4. The van der Waals surface area contributed by atoms with Gasteiger partial charge < -0.3 is 4.74 Å². The molecular formula is C16H30F2O2S. The van der Waals surface area contributed by atoms with Gasteiger partial charge in [0.05, 0.1) is 6.61 Å². The van der Waals surface area contributed by atoms with Gasteiger partial charge in [0.25, 0.3) is 0 Å². The van der Waals surface area contributed by atoms with Crippen LogP contribution in [0.2, 0.25) is 0 Å². The molecule has 1 atom stereocenters. The topological polar surface area (TPSA) is 26.3 Å². The minimum Gasteiger partial charge on any atom is -0.465 e. The van der Waals surface area contributed by atoms with E-state index in [-0.39, 0.29) is 30.0 Å². The lowest BCUT2D eigenvalue weighted by atomic mass is 10.1. The summed E-state index contributed by atoms with van der Waals surface area (Å²) in [5, 5.41) is -0.248. The molecule has 0 aromatic carbocycles. The summed E-state index contributed by atoms with van der Waals surface area (Å²) in [6, 6.07) is 0. The first kappa shape index (κ1) is 20.7. The molecule has 0 N–H and O–H groups in total. The molecule has 0 radical (unpaired) electrons. The quantitative estimate of drug-likeness (QED) is 0.360. The molecule has 0 heterocycles. The monoisotopic (exact) mass is 324 g/mol. The number of halogens is 2. The Kier molecular flexibility index (Phi) is 11.1. The van der Waals surface area contributed by atoms with Crippen LogP contribution in [-0.2, 0) is 9.53 Å². The lowest BCUT2D eigenvalue weighted by Gasteiger charge is -2.20. The summed E-state index contributed by atoms with van der Waals surface area (Å²) in [4.78, 5) is 12.0. The average Bonchev–Trinajstić information content (AvgIpc) is 2.38. The summed E-state index contributed by atoms with van der Waals surface area (Å²) in [6.07, 6.45) is 2.64. The van der Waals surface area contributed by atoms with Crippen molar-refractivity contribution in [3.05, 3.63) is 0 Å². The van der Waals surface area contributed by atoms with E-state index in [1.807, 2.05) is 20.8 Å². The number of carbonyl (C=O) groups excluding carboxylic acids is 1. The standard InChI is InChI=1S/C16H30F2O2S/c1-5-7-11-20-15(19)14(13(3)4)21-12-8-10-16(17,18)9-6-2/h13-14H,5-12H2,1-4H3. The van der Waals surface area contributed by atoms with Crippen molar-refractivity contribution >= 4 is 17.7 Å². The summed E-state index contributed by atoms with van der Waals surface area (Å²) in [7, 11) is 0. The Balaban J connectivity index is 4.07. The van der Waals surface area contributed by atoms with Crippen molar-refractivity contribution in [3.63, 3.8) is 0 Å². The zero-order chi connectivity index (χ0) is 16.3. The molecule has 0 spiro atoms. The third kappa shape index (κ3) is 10.1. The number of thioether (sulfide) groups is 1. The van der Waals surface area contributed by atoms with E-state index in [0.29, 0.717) is 25.2 Å². The molecule has 2 nitrogen and oxygen atoms in total. The number of hydrogen-bond acceptors (Lipinski definition) is 3. The molecule has 0 fully saturated rings. The van der Waals surface area contributed by atoms with Gasteiger partial charge in [-0.3, -0.25) is 4.79 Å².